The van der Waals surface area contributed by atoms with Crippen molar-refractivity contribution in [3.05, 3.63) is 66.5 Å². The first kappa shape index (κ1) is 12.7. The molecule has 102 valence electrons. The maximum absolute atomic E-state index is 5.90. The van der Waals surface area contributed by atoms with Gasteiger partial charge in [0.15, 0.2) is 0 Å². The van der Waals surface area contributed by atoms with Crippen LogP contribution in [0.15, 0.2) is 60.9 Å². The van der Waals surface area contributed by atoms with Gasteiger partial charge in [-0.25, -0.2) is 4.98 Å². The summed E-state index contributed by atoms with van der Waals surface area (Å²) in [6, 6.07) is 16.6. The molecule has 0 fully saturated rings. The second kappa shape index (κ2) is 5.75. The number of benzene rings is 1. The molecule has 0 amide bonds. The normalized spacial score (nSPS) is 12.4. The van der Waals surface area contributed by atoms with Gasteiger partial charge in [0.25, 0.3) is 0 Å². The van der Waals surface area contributed by atoms with Gasteiger partial charge in [-0.1, -0.05) is 36.4 Å². The number of imidazole rings is 1. The van der Waals surface area contributed by atoms with Gasteiger partial charge in [-0.15, -0.1) is 0 Å². The van der Waals surface area contributed by atoms with Crippen LogP contribution in [0.3, 0.4) is 0 Å². The Kier molecular flexibility index (Phi) is 3.65. The summed E-state index contributed by atoms with van der Waals surface area (Å²) in [6.45, 7) is 0.583. The highest BCUT2D eigenvalue weighted by atomic mass is 15.1. The lowest BCUT2D eigenvalue weighted by Crippen LogP contribution is -2.31. The minimum absolute atomic E-state index is 0.199. The van der Waals surface area contributed by atoms with Crippen molar-refractivity contribution in [3.63, 3.8) is 0 Å². The molecule has 3 N–H and O–H groups in total. The molecule has 0 aliphatic carbocycles. The molecule has 0 radical (unpaired) electrons. The van der Waals surface area contributed by atoms with Crippen molar-refractivity contribution in [1.82, 2.24) is 9.38 Å². The summed E-state index contributed by atoms with van der Waals surface area (Å²) in [5.41, 5.74) is 8.12. The molecule has 4 heteroatoms. The average Bonchev–Trinajstić information content (AvgIpc) is 2.97. The minimum atomic E-state index is 0.199. The molecule has 4 nitrogen and oxygen atoms in total. The zero-order valence-corrected chi connectivity index (χ0v) is 11.2. The highest BCUT2D eigenvalue weighted by Crippen LogP contribution is 2.13. The third-order valence-electron chi connectivity index (χ3n) is 3.39. The Bertz CT molecular complexity index is 675. The Morgan fingerprint density at radius 2 is 1.95 bits per heavy atom. The quantitative estimate of drug-likeness (QED) is 0.745. The van der Waals surface area contributed by atoms with Crippen molar-refractivity contribution < 1.29 is 0 Å². The van der Waals surface area contributed by atoms with Crippen LogP contribution in [0, 0.1) is 0 Å². The van der Waals surface area contributed by atoms with E-state index in [2.05, 4.69) is 34.6 Å². The first-order chi connectivity index (χ1) is 9.86. The van der Waals surface area contributed by atoms with E-state index in [-0.39, 0.29) is 6.04 Å². The molecule has 0 saturated carbocycles. The lowest BCUT2D eigenvalue weighted by molar-refractivity contribution is 0.718. The third kappa shape index (κ3) is 2.65. The largest absolute Gasteiger partial charge is 0.367 e. The van der Waals surface area contributed by atoms with Gasteiger partial charge in [0.2, 0.25) is 0 Å². The lowest BCUT2D eigenvalue weighted by atomic mass is 10.1. The summed E-state index contributed by atoms with van der Waals surface area (Å²) in [5.74, 6) is 1.02. The van der Waals surface area contributed by atoms with Gasteiger partial charge in [-0.2, -0.15) is 0 Å². The average molecular weight is 266 g/mol. The van der Waals surface area contributed by atoms with Crippen molar-refractivity contribution >= 4 is 11.5 Å². The molecule has 1 aromatic carbocycles. The Labute approximate surface area is 118 Å². The fourth-order valence-electron chi connectivity index (χ4n) is 2.37. The molecule has 0 aliphatic rings. The van der Waals surface area contributed by atoms with E-state index in [9.17, 15) is 0 Å². The van der Waals surface area contributed by atoms with Crippen molar-refractivity contribution in [2.24, 2.45) is 5.73 Å². The topological polar surface area (TPSA) is 55.3 Å². The number of hydrogen-bond acceptors (Lipinski definition) is 3. The van der Waals surface area contributed by atoms with Crippen LogP contribution < -0.4 is 11.1 Å². The number of nitrogens with zero attached hydrogens (tertiary/aromatic N) is 2. The van der Waals surface area contributed by atoms with Crippen LogP contribution in [0.2, 0.25) is 0 Å². The molecule has 2 aromatic heterocycles. The maximum Gasteiger partial charge on any atom is 0.138 e. The molecule has 2 heterocycles. The van der Waals surface area contributed by atoms with Crippen LogP contribution in [-0.2, 0) is 6.42 Å². The van der Waals surface area contributed by atoms with Gasteiger partial charge < -0.3 is 11.1 Å². The summed E-state index contributed by atoms with van der Waals surface area (Å²) in [7, 11) is 0. The summed E-state index contributed by atoms with van der Waals surface area (Å²) in [6.07, 6.45) is 4.66. The van der Waals surface area contributed by atoms with E-state index >= 15 is 0 Å². The molecule has 0 aliphatic heterocycles. The lowest BCUT2D eigenvalue weighted by Gasteiger charge is -2.19. The second-order valence-electron chi connectivity index (χ2n) is 4.83. The van der Waals surface area contributed by atoms with Gasteiger partial charge in [-0.3, -0.25) is 4.40 Å². The predicted octanol–water partition coefficient (Wildman–Crippen LogP) is 2.32. The number of aromatic nitrogens is 2. The predicted molar refractivity (Wildman–Crippen MR) is 81.8 cm³/mol. The number of fused-ring (bicyclic) bond motifs is 1. The van der Waals surface area contributed by atoms with Crippen molar-refractivity contribution in [3.8, 4) is 0 Å². The zero-order chi connectivity index (χ0) is 13.8. The van der Waals surface area contributed by atoms with Crippen LogP contribution >= 0.6 is 0 Å². The van der Waals surface area contributed by atoms with Crippen LogP contribution in [0.25, 0.3) is 5.65 Å². The molecule has 3 rings (SSSR count). The monoisotopic (exact) mass is 266 g/mol. The third-order valence-corrected chi connectivity index (χ3v) is 3.39. The minimum Gasteiger partial charge on any atom is -0.367 e. The standard InChI is InChI=1S/C16H18N4/c17-12-14(11-13-5-2-1-3-6-13)19-16-8-4-7-15-18-9-10-20(15)16/h1-10,14,19H,11-12,17H2. The summed E-state index contributed by atoms with van der Waals surface area (Å²) < 4.78 is 2.04. The zero-order valence-electron chi connectivity index (χ0n) is 11.2. The number of pyridine rings is 1. The van der Waals surface area contributed by atoms with Crippen LogP contribution in [0.4, 0.5) is 5.82 Å². The van der Waals surface area contributed by atoms with E-state index in [0.29, 0.717) is 6.54 Å². The highest BCUT2D eigenvalue weighted by Gasteiger charge is 2.09. The molecule has 1 unspecified atom stereocenters. The van der Waals surface area contributed by atoms with E-state index < -0.39 is 0 Å². The van der Waals surface area contributed by atoms with Crippen molar-refractivity contribution in [1.29, 1.82) is 0 Å². The first-order valence-electron chi connectivity index (χ1n) is 6.79. The van der Waals surface area contributed by atoms with E-state index in [0.717, 1.165) is 17.9 Å². The molecule has 20 heavy (non-hydrogen) atoms. The summed E-state index contributed by atoms with van der Waals surface area (Å²) >= 11 is 0. The fraction of sp³-hybridized carbons (Fsp3) is 0.188. The Morgan fingerprint density at radius 3 is 2.75 bits per heavy atom. The summed E-state index contributed by atoms with van der Waals surface area (Å²) in [4.78, 5) is 4.29. The molecule has 1 atom stereocenters. The fourth-order valence-corrected chi connectivity index (χ4v) is 2.37. The van der Waals surface area contributed by atoms with E-state index in [1.807, 2.05) is 34.9 Å². The number of nitrogens with one attached hydrogen (secondary N) is 1. The smallest absolute Gasteiger partial charge is 0.138 e. The van der Waals surface area contributed by atoms with Gasteiger partial charge in [0, 0.05) is 25.0 Å². The molecule has 3 aromatic rings. The van der Waals surface area contributed by atoms with Gasteiger partial charge in [-0.05, 0) is 24.1 Å². The first-order valence-corrected chi connectivity index (χ1v) is 6.79. The Hall–Kier alpha value is -2.33. The number of anilines is 1. The van der Waals surface area contributed by atoms with Gasteiger partial charge >= 0.3 is 0 Å². The molecular weight excluding hydrogens is 248 g/mol. The molecular formula is C16H18N4. The molecule has 0 bridgehead atoms. The van der Waals surface area contributed by atoms with E-state index in [1.165, 1.54) is 5.56 Å². The summed E-state index contributed by atoms with van der Waals surface area (Å²) in [5, 5.41) is 3.50. The number of nitrogens with two attached hydrogens (primary N) is 1. The Balaban J connectivity index is 1.79. The van der Waals surface area contributed by atoms with Crippen molar-refractivity contribution in [2.75, 3.05) is 11.9 Å². The Morgan fingerprint density at radius 1 is 1.10 bits per heavy atom. The van der Waals surface area contributed by atoms with Crippen LogP contribution in [-0.4, -0.2) is 22.0 Å². The number of rotatable bonds is 5. The SMILES string of the molecule is NCC(Cc1ccccc1)Nc1cccc2nccn12. The van der Waals surface area contributed by atoms with Crippen molar-refractivity contribution in [2.45, 2.75) is 12.5 Å². The van der Waals surface area contributed by atoms with E-state index in [4.69, 9.17) is 5.73 Å². The van der Waals surface area contributed by atoms with Gasteiger partial charge in [0.1, 0.15) is 11.5 Å². The molecule has 0 spiro atoms. The van der Waals surface area contributed by atoms with Crippen LogP contribution in [0.5, 0.6) is 0 Å². The highest BCUT2D eigenvalue weighted by molar-refractivity contribution is 5.50. The van der Waals surface area contributed by atoms with Gasteiger partial charge in [0.05, 0.1) is 0 Å². The molecule has 0 saturated heterocycles. The maximum atomic E-state index is 5.90. The number of hydrogen-bond donors (Lipinski definition) is 2. The van der Waals surface area contributed by atoms with Crippen LogP contribution in [0.1, 0.15) is 5.56 Å². The second-order valence-corrected chi connectivity index (χ2v) is 4.83. The van der Waals surface area contributed by atoms with E-state index in [1.54, 1.807) is 6.20 Å².